The molecule has 0 bridgehead atoms. The van der Waals surface area contributed by atoms with Crippen LogP contribution in [0.3, 0.4) is 0 Å². The number of carboxylic acid groups (broad SMARTS) is 1. The average molecular weight is 263 g/mol. The fraction of sp³-hybridized carbons (Fsp3) is 0.154. The number of aliphatic carboxylic acids is 1. The van der Waals surface area contributed by atoms with Crippen molar-refractivity contribution in [2.24, 2.45) is 0 Å². The first-order valence-electron chi connectivity index (χ1n) is 5.42. The Balaban J connectivity index is 3.14. The van der Waals surface area contributed by atoms with E-state index in [1.165, 1.54) is 30.4 Å². The smallest absolute Gasteiger partial charge is 0.328 e. The molecule has 0 saturated carbocycles. The molecular weight excluding hydrogens is 250 g/mol. The molecule has 19 heavy (non-hydrogen) atoms. The van der Waals surface area contributed by atoms with E-state index >= 15 is 0 Å². The predicted molar refractivity (Wildman–Crippen MR) is 70.1 cm³/mol. The monoisotopic (exact) mass is 263 g/mol. The summed E-state index contributed by atoms with van der Waals surface area (Å²) in [4.78, 5) is 20.7. The van der Waals surface area contributed by atoms with Gasteiger partial charge < -0.3 is 9.84 Å². The lowest BCUT2D eigenvalue weighted by Gasteiger charge is -2.11. The maximum atomic E-state index is 10.9. The number of ether oxygens (including phenoxy) is 1. The second-order valence-corrected chi connectivity index (χ2v) is 3.71. The molecule has 0 aliphatic heterocycles. The highest BCUT2D eigenvalue weighted by molar-refractivity contribution is 5.85. The molecule has 1 atom stereocenters. The SMILES string of the molecule is C=CC(C)Oc1cc(/C=C/C(=O)O)ccc1[N+](=O)[O-]. The molecule has 1 rings (SSSR count). The summed E-state index contributed by atoms with van der Waals surface area (Å²) in [5.41, 5.74) is 0.320. The molecular formula is C13H13NO5. The molecule has 0 heterocycles. The van der Waals surface area contributed by atoms with E-state index in [9.17, 15) is 14.9 Å². The van der Waals surface area contributed by atoms with Crippen LogP contribution in [0.2, 0.25) is 0 Å². The van der Waals surface area contributed by atoms with E-state index in [4.69, 9.17) is 9.84 Å². The van der Waals surface area contributed by atoms with Crippen molar-refractivity contribution in [1.29, 1.82) is 0 Å². The van der Waals surface area contributed by atoms with Gasteiger partial charge in [0.1, 0.15) is 6.10 Å². The molecule has 0 radical (unpaired) electrons. The molecule has 0 amide bonds. The van der Waals surface area contributed by atoms with Crippen LogP contribution in [0.5, 0.6) is 5.75 Å². The molecule has 6 heteroatoms. The lowest BCUT2D eigenvalue weighted by molar-refractivity contribution is -0.386. The maximum Gasteiger partial charge on any atom is 0.328 e. The van der Waals surface area contributed by atoms with E-state index in [2.05, 4.69) is 6.58 Å². The van der Waals surface area contributed by atoms with E-state index in [0.717, 1.165) is 6.08 Å². The molecule has 100 valence electrons. The molecule has 0 aliphatic carbocycles. The standard InChI is InChI=1S/C13H13NO5/c1-3-9(2)19-12-8-10(5-7-13(15)16)4-6-11(12)14(17)18/h3-9H,1H2,2H3,(H,15,16)/b7-5+. The van der Waals surface area contributed by atoms with E-state index in [-0.39, 0.29) is 11.4 Å². The Labute approximate surface area is 109 Å². The first kappa shape index (κ1) is 14.4. The third-order valence-corrected chi connectivity index (χ3v) is 2.24. The molecule has 0 aromatic heterocycles. The van der Waals surface area contributed by atoms with Crippen molar-refractivity contribution in [2.75, 3.05) is 0 Å². The van der Waals surface area contributed by atoms with Crippen LogP contribution in [0, 0.1) is 10.1 Å². The fourth-order valence-corrected chi connectivity index (χ4v) is 1.30. The molecule has 1 N–H and O–H groups in total. The highest BCUT2D eigenvalue weighted by atomic mass is 16.6. The highest BCUT2D eigenvalue weighted by Crippen LogP contribution is 2.29. The zero-order valence-corrected chi connectivity index (χ0v) is 10.3. The van der Waals surface area contributed by atoms with Crippen molar-refractivity contribution in [3.05, 3.63) is 52.6 Å². The average Bonchev–Trinajstić information content (AvgIpc) is 2.36. The first-order chi connectivity index (χ1) is 8.93. The zero-order valence-electron chi connectivity index (χ0n) is 10.3. The van der Waals surface area contributed by atoms with Gasteiger partial charge in [-0.15, -0.1) is 0 Å². The summed E-state index contributed by atoms with van der Waals surface area (Å²) in [5, 5.41) is 19.4. The number of benzene rings is 1. The van der Waals surface area contributed by atoms with Crippen molar-refractivity contribution in [2.45, 2.75) is 13.0 Å². The van der Waals surface area contributed by atoms with E-state index in [1.807, 2.05) is 0 Å². The molecule has 1 aromatic carbocycles. The van der Waals surface area contributed by atoms with Crippen LogP contribution >= 0.6 is 0 Å². The Bertz CT molecular complexity index is 536. The van der Waals surface area contributed by atoms with Crippen LogP contribution in [0.25, 0.3) is 6.08 Å². The van der Waals surface area contributed by atoms with Crippen LogP contribution < -0.4 is 4.74 Å². The Morgan fingerprint density at radius 2 is 2.26 bits per heavy atom. The van der Waals surface area contributed by atoms with Crippen LogP contribution in [0.4, 0.5) is 5.69 Å². The summed E-state index contributed by atoms with van der Waals surface area (Å²) in [6.07, 6.45) is 3.39. The van der Waals surface area contributed by atoms with Crippen molar-refractivity contribution in [3.8, 4) is 5.75 Å². The summed E-state index contributed by atoms with van der Waals surface area (Å²) < 4.78 is 5.36. The van der Waals surface area contributed by atoms with Crippen LogP contribution in [-0.2, 0) is 4.79 Å². The van der Waals surface area contributed by atoms with E-state index in [0.29, 0.717) is 5.56 Å². The topological polar surface area (TPSA) is 89.7 Å². The number of rotatable bonds is 6. The molecule has 6 nitrogen and oxygen atoms in total. The lowest BCUT2D eigenvalue weighted by Crippen LogP contribution is -2.09. The maximum absolute atomic E-state index is 10.9. The predicted octanol–water partition coefficient (Wildman–Crippen LogP) is 2.65. The van der Waals surface area contributed by atoms with Crippen molar-refractivity contribution < 1.29 is 19.6 Å². The van der Waals surface area contributed by atoms with Gasteiger partial charge in [-0.3, -0.25) is 10.1 Å². The summed E-state index contributed by atoms with van der Waals surface area (Å²) in [7, 11) is 0. The zero-order chi connectivity index (χ0) is 14.4. The van der Waals surface area contributed by atoms with Crippen molar-refractivity contribution in [1.82, 2.24) is 0 Å². The van der Waals surface area contributed by atoms with Gasteiger partial charge in [0.15, 0.2) is 5.75 Å². The van der Waals surface area contributed by atoms with Gasteiger partial charge in [-0.25, -0.2) is 4.79 Å². The van der Waals surface area contributed by atoms with Gasteiger partial charge in [0.2, 0.25) is 0 Å². The Morgan fingerprint density at radius 3 is 2.79 bits per heavy atom. The Hall–Kier alpha value is -2.63. The second kappa shape index (κ2) is 6.34. The van der Waals surface area contributed by atoms with Crippen molar-refractivity contribution >= 4 is 17.7 Å². The number of carbonyl (C=O) groups is 1. The van der Waals surface area contributed by atoms with Crippen molar-refractivity contribution in [3.63, 3.8) is 0 Å². The normalized spacial score (nSPS) is 12.1. The molecule has 1 aromatic rings. The molecule has 0 spiro atoms. The highest BCUT2D eigenvalue weighted by Gasteiger charge is 2.16. The van der Waals surface area contributed by atoms with Crippen LogP contribution in [0.1, 0.15) is 12.5 Å². The molecule has 0 aliphatic rings. The van der Waals surface area contributed by atoms with Gasteiger partial charge in [0.05, 0.1) is 4.92 Å². The molecule has 1 unspecified atom stereocenters. The lowest BCUT2D eigenvalue weighted by atomic mass is 10.1. The van der Waals surface area contributed by atoms with Crippen LogP contribution in [0.15, 0.2) is 36.9 Å². The van der Waals surface area contributed by atoms with Gasteiger partial charge in [0.25, 0.3) is 0 Å². The van der Waals surface area contributed by atoms with Gasteiger partial charge in [-0.2, -0.15) is 0 Å². The van der Waals surface area contributed by atoms with Crippen LogP contribution in [-0.4, -0.2) is 22.1 Å². The largest absolute Gasteiger partial charge is 0.480 e. The Morgan fingerprint density at radius 1 is 1.58 bits per heavy atom. The number of nitro benzene ring substituents is 1. The fourth-order valence-electron chi connectivity index (χ4n) is 1.30. The number of nitro groups is 1. The summed E-state index contributed by atoms with van der Waals surface area (Å²) in [6, 6.07) is 4.13. The molecule has 0 saturated heterocycles. The third kappa shape index (κ3) is 4.27. The second-order valence-electron chi connectivity index (χ2n) is 3.71. The first-order valence-corrected chi connectivity index (χ1v) is 5.42. The van der Waals surface area contributed by atoms with E-state index < -0.39 is 17.0 Å². The number of hydrogen-bond donors (Lipinski definition) is 1. The molecule has 0 fully saturated rings. The van der Waals surface area contributed by atoms with Gasteiger partial charge in [0, 0.05) is 12.1 Å². The number of nitrogens with zero attached hydrogens (tertiary/aromatic N) is 1. The van der Waals surface area contributed by atoms with Gasteiger partial charge in [-0.05, 0) is 30.7 Å². The summed E-state index contributed by atoms with van der Waals surface area (Å²) >= 11 is 0. The van der Waals surface area contributed by atoms with Gasteiger partial charge >= 0.3 is 11.7 Å². The number of hydrogen-bond acceptors (Lipinski definition) is 4. The summed E-state index contributed by atoms with van der Waals surface area (Å²) in [5.74, 6) is -1.02. The minimum absolute atomic E-state index is 0.0740. The minimum Gasteiger partial charge on any atom is -0.480 e. The Kier molecular flexibility index (Phi) is 4.82. The third-order valence-electron chi connectivity index (χ3n) is 2.24. The van der Waals surface area contributed by atoms with E-state index in [1.54, 1.807) is 6.92 Å². The quantitative estimate of drug-likeness (QED) is 0.369. The summed E-state index contributed by atoms with van der Waals surface area (Å²) in [6.45, 7) is 5.22. The number of carboxylic acids is 1. The minimum atomic E-state index is -1.10. The van der Waals surface area contributed by atoms with Gasteiger partial charge in [-0.1, -0.05) is 12.7 Å².